The van der Waals surface area contributed by atoms with Gasteiger partial charge in [0.15, 0.2) is 4.32 Å². The highest BCUT2D eigenvalue weighted by Gasteiger charge is 2.33. The lowest BCUT2D eigenvalue weighted by atomic mass is 10.1. The van der Waals surface area contributed by atoms with Crippen LogP contribution in [-0.2, 0) is 4.79 Å². The zero-order valence-corrected chi connectivity index (χ0v) is 16.2. The van der Waals surface area contributed by atoms with E-state index in [9.17, 15) is 4.79 Å². The van der Waals surface area contributed by atoms with Crippen LogP contribution in [0.1, 0.15) is 19.4 Å². The highest BCUT2D eigenvalue weighted by Crippen LogP contribution is 2.37. The summed E-state index contributed by atoms with van der Waals surface area (Å²) in [6.07, 6.45) is 1.82. The van der Waals surface area contributed by atoms with Crippen LogP contribution in [-0.4, -0.2) is 23.4 Å². The summed E-state index contributed by atoms with van der Waals surface area (Å²) in [7, 11) is 0. The van der Waals surface area contributed by atoms with Crippen molar-refractivity contribution >= 4 is 46.0 Å². The molecule has 26 heavy (non-hydrogen) atoms. The van der Waals surface area contributed by atoms with Gasteiger partial charge >= 0.3 is 0 Å². The molecule has 6 heteroatoms. The number of ether oxygens (including phenoxy) is 2. The fourth-order valence-electron chi connectivity index (χ4n) is 2.58. The summed E-state index contributed by atoms with van der Waals surface area (Å²) in [5.41, 5.74) is 1.60. The summed E-state index contributed by atoms with van der Waals surface area (Å²) < 4.78 is 11.8. The minimum Gasteiger partial charge on any atom is -0.494 e. The molecule has 1 aliphatic rings. The van der Waals surface area contributed by atoms with Crippen LogP contribution in [0.5, 0.6) is 11.5 Å². The van der Waals surface area contributed by atoms with Crippen LogP contribution in [0.25, 0.3) is 6.08 Å². The van der Waals surface area contributed by atoms with Gasteiger partial charge in [0, 0.05) is 11.6 Å². The maximum absolute atomic E-state index is 12.8. The molecule has 134 valence electrons. The number of rotatable bonds is 6. The number of thiocarbonyl (C=S) groups is 1. The Bertz CT molecular complexity index is 849. The Morgan fingerprint density at radius 2 is 1.81 bits per heavy atom. The molecule has 1 heterocycles. The summed E-state index contributed by atoms with van der Waals surface area (Å²) >= 11 is 6.70. The molecule has 1 amide bonds. The number of thioether (sulfide) groups is 1. The van der Waals surface area contributed by atoms with Crippen molar-refractivity contribution in [2.75, 3.05) is 18.1 Å². The Kier molecular flexibility index (Phi) is 5.96. The zero-order chi connectivity index (χ0) is 18.5. The van der Waals surface area contributed by atoms with Crippen LogP contribution in [0, 0.1) is 0 Å². The van der Waals surface area contributed by atoms with Gasteiger partial charge in [-0.15, -0.1) is 0 Å². The lowest BCUT2D eigenvalue weighted by Crippen LogP contribution is -2.27. The van der Waals surface area contributed by atoms with Gasteiger partial charge in [0.05, 0.1) is 23.8 Å². The van der Waals surface area contributed by atoms with E-state index in [0.29, 0.717) is 28.2 Å². The van der Waals surface area contributed by atoms with Gasteiger partial charge in [-0.3, -0.25) is 9.69 Å². The molecule has 0 spiro atoms. The fourth-order valence-corrected chi connectivity index (χ4v) is 3.87. The Labute approximate surface area is 162 Å². The quantitative estimate of drug-likeness (QED) is 0.523. The predicted molar refractivity (Wildman–Crippen MR) is 111 cm³/mol. The molecule has 0 N–H and O–H groups in total. The number of carbonyl (C=O) groups is 1. The molecule has 0 radical (unpaired) electrons. The number of hydrogen-bond acceptors (Lipinski definition) is 5. The number of para-hydroxylation sites is 1. The molecule has 2 aromatic rings. The number of nitrogens with zero attached hydrogens (tertiary/aromatic N) is 1. The van der Waals surface area contributed by atoms with Crippen molar-refractivity contribution in [2.24, 2.45) is 0 Å². The summed E-state index contributed by atoms with van der Waals surface area (Å²) in [6, 6.07) is 15.0. The number of amides is 1. The Balaban J connectivity index is 1.93. The topological polar surface area (TPSA) is 38.8 Å². The minimum atomic E-state index is -0.123. The molecular formula is C20H19NO3S2. The smallest absolute Gasteiger partial charge is 0.270 e. The molecule has 2 aromatic carbocycles. The zero-order valence-electron chi connectivity index (χ0n) is 14.6. The molecule has 0 unspecified atom stereocenters. The Hall–Kier alpha value is -2.31. The largest absolute Gasteiger partial charge is 0.494 e. The van der Waals surface area contributed by atoms with Gasteiger partial charge < -0.3 is 9.47 Å². The SMILES string of the molecule is CCOc1ccc(C=C2SC(=S)N(c3ccccc3)C2=O)c(OCC)c1. The molecular weight excluding hydrogens is 366 g/mol. The van der Waals surface area contributed by atoms with Gasteiger partial charge in [0.2, 0.25) is 0 Å². The van der Waals surface area contributed by atoms with E-state index in [2.05, 4.69) is 0 Å². The number of carbonyl (C=O) groups excluding carboxylic acids is 1. The van der Waals surface area contributed by atoms with Crippen molar-refractivity contribution in [2.45, 2.75) is 13.8 Å². The van der Waals surface area contributed by atoms with E-state index in [1.165, 1.54) is 11.8 Å². The predicted octanol–water partition coefficient (Wildman–Crippen LogP) is 4.89. The lowest BCUT2D eigenvalue weighted by Gasteiger charge is -2.14. The van der Waals surface area contributed by atoms with E-state index < -0.39 is 0 Å². The first kappa shape index (κ1) is 18.5. The number of anilines is 1. The molecule has 0 aliphatic carbocycles. The third kappa shape index (κ3) is 3.92. The standard InChI is InChI=1S/C20H19NO3S2/c1-3-23-16-11-10-14(17(13-16)24-4-2)12-18-19(22)21(20(25)26-18)15-8-6-5-7-9-15/h5-13H,3-4H2,1-2H3. The fraction of sp³-hybridized carbons (Fsp3) is 0.200. The molecule has 0 bridgehead atoms. The van der Waals surface area contributed by atoms with Gasteiger partial charge in [-0.2, -0.15) is 0 Å². The second-order valence-electron chi connectivity index (χ2n) is 5.42. The molecule has 3 rings (SSSR count). The average Bonchev–Trinajstić information content (AvgIpc) is 2.92. The average molecular weight is 386 g/mol. The molecule has 1 saturated heterocycles. The van der Waals surface area contributed by atoms with Crippen LogP contribution < -0.4 is 14.4 Å². The van der Waals surface area contributed by atoms with E-state index in [-0.39, 0.29) is 5.91 Å². The van der Waals surface area contributed by atoms with E-state index in [0.717, 1.165) is 17.0 Å². The van der Waals surface area contributed by atoms with Gasteiger partial charge in [-0.1, -0.05) is 42.2 Å². The number of hydrogen-bond donors (Lipinski definition) is 0. The molecule has 1 fully saturated rings. The van der Waals surface area contributed by atoms with Crippen LogP contribution in [0.2, 0.25) is 0 Å². The maximum Gasteiger partial charge on any atom is 0.270 e. The highest BCUT2D eigenvalue weighted by atomic mass is 32.2. The monoisotopic (exact) mass is 385 g/mol. The molecule has 0 aromatic heterocycles. The van der Waals surface area contributed by atoms with Crippen molar-refractivity contribution in [3.63, 3.8) is 0 Å². The van der Waals surface area contributed by atoms with Crippen molar-refractivity contribution in [1.82, 2.24) is 0 Å². The molecule has 0 atom stereocenters. The van der Waals surface area contributed by atoms with Crippen LogP contribution >= 0.6 is 24.0 Å². The van der Waals surface area contributed by atoms with Gasteiger partial charge in [0.25, 0.3) is 5.91 Å². The first-order valence-corrected chi connectivity index (χ1v) is 9.59. The third-order valence-electron chi connectivity index (χ3n) is 3.69. The first-order chi connectivity index (χ1) is 12.6. The Morgan fingerprint density at radius 1 is 1.08 bits per heavy atom. The summed E-state index contributed by atoms with van der Waals surface area (Å²) in [4.78, 5) is 15.0. The van der Waals surface area contributed by atoms with Gasteiger partial charge in [0.1, 0.15) is 11.5 Å². The maximum atomic E-state index is 12.8. The van der Waals surface area contributed by atoms with Gasteiger partial charge in [-0.25, -0.2) is 0 Å². The molecule has 0 saturated carbocycles. The van der Waals surface area contributed by atoms with Crippen LogP contribution in [0.3, 0.4) is 0 Å². The second-order valence-corrected chi connectivity index (χ2v) is 7.09. The second kappa shape index (κ2) is 8.38. The van der Waals surface area contributed by atoms with E-state index in [1.54, 1.807) is 4.90 Å². The van der Waals surface area contributed by atoms with E-state index in [1.807, 2.05) is 68.5 Å². The third-order valence-corrected chi connectivity index (χ3v) is 4.99. The van der Waals surface area contributed by atoms with E-state index in [4.69, 9.17) is 21.7 Å². The highest BCUT2D eigenvalue weighted by molar-refractivity contribution is 8.27. The van der Waals surface area contributed by atoms with E-state index >= 15 is 0 Å². The first-order valence-electron chi connectivity index (χ1n) is 8.36. The summed E-state index contributed by atoms with van der Waals surface area (Å²) in [5.74, 6) is 1.30. The number of benzene rings is 2. The summed E-state index contributed by atoms with van der Waals surface area (Å²) in [6.45, 7) is 4.97. The lowest BCUT2D eigenvalue weighted by molar-refractivity contribution is -0.113. The van der Waals surface area contributed by atoms with Crippen LogP contribution in [0.15, 0.2) is 53.4 Å². The molecule has 1 aliphatic heterocycles. The minimum absolute atomic E-state index is 0.123. The van der Waals surface area contributed by atoms with Crippen molar-refractivity contribution in [1.29, 1.82) is 0 Å². The van der Waals surface area contributed by atoms with Crippen LogP contribution in [0.4, 0.5) is 5.69 Å². The van der Waals surface area contributed by atoms with Crippen molar-refractivity contribution in [3.8, 4) is 11.5 Å². The summed E-state index contributed by atoms with van der Waals surface area (Å²) in [5, 5.41) is 0. The molecule has 4 nitrogen and oxygen atoms in total. The Morgan fingerprint density at radius 3 is 2.50 bits per heavy atom. The normalized spacial score (nSPS) is 15.6. The van der Waals surface area contributed by atoms with Crippen molar-refractivity contribution < 1.29 is 14.3 Å². The van der Waals surface area contributed by atoms with Crippen molar-refractivity contribution in [3.05, 3.63) is 59.0 Å². The van der Waals surface area contributed by atoms with Gasteiger partial charge in [-0.05, 0) is 44.2 Å².